The smallest absolute Gasteiger partial charge is 0.317 e. The van der Waals surface area contributed by atoms with Crippen molar-refractivity contribution in [1.29, 1.82) is 0 Å². The summed E-state index contributed by atoms with van der Waals surface area (Å²) in [5.74, 6) is 5.37. The molecule has 1 aromatic rings. The number of carbonyl (C=O) groups is 3. The zero-order chi connectivity index (χ0) is 21.5. The first-order valence-corrected chi connectivity index (χ1v) is 11.0. The molecule has 0 unspecified atom stereocenters. The number of hydrogen-bond acceptors (Lipinski definition) is 3. The van der Waals surface area contributed by atoms with E-state index in [0.29, 0.717) is 32.0 Å². The third-order valence-electron chi connectivity index (χ3n) is 6.91. The van der Waals surface area contributed by atoms with Crippen LogP contribution in [0.15, 0.2) is 12.1 Å². The van der Waals surface area contributed by atoms with Crippen molar-refractivity contribution in [1.82, 2.24) is 10.2 Å². The summed E-state index contributed by atoms with van der Waals surface area (Å²) in [4.78, 5) is 40.6. The van der Waals surface area contributed by atoms with Crippen molar-refractivity contribution in [2.45, 2.75) is 71.3 Å². The Morgan fingerprint density at radius 1 is 1.07 bits per heavy atom. The van der Waals surface area contributed by atoms with E-state index in [1.165, 1.54) is 0 Å². The first-order valence-electron chi connectivity index (χ1n) is 11.0. The van der Waals surface area contributed by atoms with Crippen LogP contribution in [0.3, 0.4) is 0 Å². The standard InChI is InChI=1S/C25H30N2O3/c1-4-5-18-12-16(2)22(17(3)13-18)23-20(28)14-25(15-21(23)29)8-10-27(11-9-25)24(30)26-19-6-7-19/h12-13,19,23H,6-11,14-15H2,1-3H3,(H,26,30). The summed E-state index contributed by atoms with van der Waals surface area (Å²) in [6.07, 6.45) is 4.43. The number of Topliss-reactive ketones (excluding diaryl/α,β-unsaturated/α-hetero) is 2. The summed E-state index contributed by atoms with van der Waals surface area (Å²) in [5, 5.41) is 3.03. The lowest BCUT2D eigenvalue weighted by Crippen LogP contribution is -2.51. The minimum atomic E-state index is -0.657. The van der Waals surface area contributed by atoms with Gasteiger partial charge in [-0.25, -0.2) is 4.79 Å². The van der Waals surface area contributed by atoms with Crippen molar-refractivity contribution in [2.75, 3.05) is 13.1 Å². The number of nitrogens with one attached hydrogen (secondary N) is 1. The van der Waals surface area contributed by atoms with Crippen LogP contribution in [0.1, 0.15) is 73.6 Å². The Balaban J connectivity index is 1.48. The lowest BCUT2D eigenvalue weighted by Gasteiger charge is -2.44. The number of hydrogen-bond donors (Lipinski definition) is 1. The fraction of sp³-hybridized carbons (Fsp3) is 0.560. The van der Waals surface area contributed by atoms with Gasteiger partial charge in [0.1, 0.15) is 17.5 Å². The molecule has 1 N–H and O–H groups in total. The van der Waals surface area contributed by atoms with Crippen molar-refractivity contribution >= 4 is 17.6 Å². The lowest BCUT2D eigenvalue weighted by atomic mass is 9.62. The van der Waals surface area contributed by atoms with Gasteiger partial charge in [-0.3, -0.25) is 9.59 Å². The molecule has 3 fully saturated rings. The largest absolute Gasteiger partial charge is 0.335 e. The van der Waals surface area contributed by atoms with Gasteiger partial charge in [0.15, 0.2) is 0 Å². The number of amides is 2. The normalized spacial score (nSPS) is 21.4. The number of rotatable bonds is 2. The molecular formula is C25H30N2O3. The molecule has 2 amide bonds. The molecule has 5 nitrogen and oxygen atoms in total. The minimum Gasteiger partial charge on any atom is -0.335 e. The Hall–Kier alpha value is -2.61. The summed E-state index contributed by atoms with van der Waals surface area (Å²) in [6.45, 7) is 6.96. The molecule has 1 saturated heterocycles. The van der Waals surface area contributed by atoms with E-state index in [9.17, 15) is 14.4 Å². The van der Waals surface area contributed by atoms with E-state index in [0.717, 1.165) is 47.9 Å². The molecule has 158 valence electrons. The number of piperidine rings is 1. The van der Waals surface area contributed by atoms with Crippen molar-refractivity contribution in [3.8, 4) is 11.8 Å². The molecule has 1 aliphatic heterocycles. The van der Waals surface area contributed by atoms with Crippen LogP contribution >= 0.6 is 0 Å². The molecule has 0 atom stereocenters. The molecular weight excluding hydrogens is 376 g/mol. The summed E-state index contributed by atoms with van der Waals surface area (Å²) in [6, 6.07) is 4.29. The molecule has 2 aliphatic carbocycles. The first kappa shape index (κ1) is 20.7. The average molecular weight is 407 g/mol. The lowest BCUT2D eigenvalue weighted by molar-refractivity contribution is -0.138. The fourth-order valence-electron chi connectivity index (χ4n) is 5.19. The summed E-state index contributed by atoms with van der Waals surface area (Å²) in [7, 11) is 0. The second-order valence-corrected chi connectivity index (χ2v) is 9.33. The van der Waals surface area contributed by atoms with E-state index in [4.69, 9.17) is 0 Å². The topological polar surface area (TPSA) is 66.5 Å². The Kier molecular flexibility index (Phi) is 5.44. The second-order valence-electron chi connectivity index (χ2n) is 9.33. The molecule has 1 aromatic carbocycles. The van der Waals surface area contributed by atoms with Gasteiger partial charge in [-0.15, -0.1) is 5.92 Å². The van der Waals surface area contributed by atoms with Gasteiger partial charge in [0.25, 0.3) is 0 Å². The maximum atomic E-state index is 13.2. The van der Waals surface area contributed by atoms with E-state index >= 15 is 0 Å². The number of ketones is 2. The predicted molar refractivity (Wildman–Crippen MR) is 115 cm³/mol. The zero-order valence-electron chi connectivity index (χ0n) is 18.1. The van der Waals surface area contributed by atoms with Crippen LogP contribution in [0.5, 0.6) is 0 Å². The number of nitrogens with zero attached hydrogens (tertiary/aromatic N) is 1. The highest BCUT2D eigenvalue weighted by Crippen LogP contribution is 2.46. The highest BCUT2D eigenvalue weighted by atomic mass is 16.2. The Labute approximate surface area is 178 Å². The van der Waals surface area contributed by atoms with Crippen molar-refractivity contribution in [3.63, 3.8) is 0 Å². The van der Waals surface area contributed by atoms with Gasteiger partial charge < -0.3 is 10.2 Å². The Morgan fingerprint density at radius 3 is 2.13 bits per heavy atom. The monoisotopic (exact) mass is 406 g/mol. The maximum absolute atomic E-state index is 13.2. The van der Waals surface area contributed by atoms with Crippen molar-refractivity contribution < 1.29 is 14.4 Å². The molecule has 0 radical (unpaired) electrons. The highest BCUT2D eigenvalue weighted by Gasteiger charge is 2.48. The van der Waals surface area contributed by atoms with E-state index < -0.39 is 5.92 Å². The second kappa shape index (κ2) is 7.91. The van der Waals surface area contributed by atoms with Gasteiger partial charge in [-0.05, 0) is 80.7 Å². The van der Waals surface area contributed by atoms with E-state index in [-0.39, 0.29) is 23.0 Å². The van der Waals surface area contributed by atoms with Crippen molar-refractivity contribution in [3.05, 3.63) is 34.4 Å². The zero-order valence-corrected chi connectivity index (χ0v) is 18.1. The first-order chi connectivity index (χ1) is 14.3. The summed E-state index contributed by atoms with van der Waals surface area (Å²) in [5.41, 5.74) is 3.42. The van der Waals surface area contributed by atoms with Crippen LogP contribution in [-0.2, 0) is 9.59 Å². The van der Waals surface area contributed by atoms with Crippen LogP contribution in [0.2, 0.25) is 0 Å². The van der Waals surface area contributed by atoms with E-state index in [1.54, 1.807) is 6.92 Å². The van der Waals surface area contributed by atoms with Gasteiger partial charge in [0.2, 0.25) is 0 Å². The molecule has 1 heterocycles. The number of benzene rings is 1. The third-order valence-corrected chi connectivity index (χ3v) is 6.91. The third kappa shape index (κ3) is 4.01. The number of aryl methyl sites for hydroxylation is 2. The molecule has 5 heteroatoms. The summed E-state index contributed by atoms with van der Waals surface area (Å²) < 4.78 is 0. The summed E-state index contributed by atoms with van der Waals surface area (Å²) >= 11 is 0. The molecule has 4 rings (SSSR count). The van der Waals surface area contributed by atoms with Gasteiger partial charge in [-0.1, -0.05) is 5.92 Å². The highest BCUT2D eigenvalue weighted by molar-refractivity contribution is 6.10. The van der Waals surface area contributed by atoms with Gasteiger partial charge in [0.05, 0.1) is 0 Å². The minimum absolute atomic E-state index is 0.000192. The predicted octanol–water partition coefficient (Wildman–Crippen LogP) is 3.64. The van der Waals surface area contributed by atoms with Crippen LogP contribution in [-0.4, -0.2) is 41.6 Å². The van der Waals surface area contributed by atoms with Crippen LogP contribution < -0.4 is 5.32 Å². The molecule has 0 bridgehead atoms. The maximum Gasteiger partial charge on any atom is 0.317 e. The van der Waals surface area contributed by atoms with Crippen LogP contribution in [0, 0.1) is 31.1 Å². The molecule has 3 aliphatic rings. The number of urea groups is 1. The van der Waals surface area contributed by atoms with Crippen LogP contribution in [0.25, 0.3) is 0 Å². The van der Waals surface area contributed by atoms with E-state index in [1.807, 2.05) is 30.9 Å². The number of likely N-dealkylation sites (tertiary alicyclic amines) is 1. The van der Waals surface area contributed by atoms with Gasteiger partial charge in [-0.2, -0.15) is 0 Å². The number of carbonyl (C=O) groups excluding carboxylic acids is 3. The SMILES string of the molecule is CC#Cc1cc(C)c(C2C(=O)CC3(CCN(C(=O)NC4CC4)CC3)CC2=O)c(C)c1. The average Bonchev–Trinajstić information content (AvgIpc) is 3.48. The quantitative estimate of drug-likeness (QED) is 0.602. The van der Waals surface area contributed by atoms with Crippen LogP contribution in [0.4, 0.5) is 4.79 Å². The molecule has 2 saturated carbocycles. The van der Waals surface area contributed by atoms with Gasteiger partial charge in [0, 0.05) is 37.5 Å². The Morgan fingerprint density at radius 2 is 1.63 bits per heavy atom. The van der Waals surface area contributed by atoms with Gasteiger partial charge >= 0.3 is 6.03 Å². The molecule has 1 spiro atoms. The van der Waals surface area contributed by atoms with E-state index in [2.05, 4.69) is 17.2 Å². The fourth-order valence-corrected chi connectivity index (χ4v) is 5.19. The molecule has 30 heavy (non-hydrogen) atoms. The van der Waals surface area contributed by atoms with Crippen molar-refractivity contribution in [2.24, 2.45) is 5.41 Å². The molecule has 0 aromatic heterocycles. The Bertz CT molecular complexity index is 913.